The summed E-state index contributed by atoms with van der Waals surface area (Å²) in [4.78, 5) is 31.9. The number of allylic oxidation sites excluding steroid dienone is 1. The molecule has 1 aromatic carbocycles. The van der Waals surface area contributed by atoms with Gasteiger partial charge in [-0.3, -0.25) is 9.59 Å². The predicted octanol–water partition coefficient (Wildman–Crippen LogP) is 3.31. The molecule has 1 saturated heterocycles. The number of hydrogen-bond acceptors (Lipinski definition) is 6. The largest absolute Gasteiger partial charge is 0.500 e. The topological polar surface area (TPSA) is 102 Å². The summed E-state index contributed by atoms with van der Waals surface area (Å²) >= 11 is 6.88. The Morgan fingerprint density at radius 1 is 1.20 bits per heavy atom. The van der Waals surface area contributed by atoms with Crippen LogP contribution in [0.3, 0.4) is 0 Å². The van der Waals surface area contributed by atoms with Crippen molar-refractivity contribution < 1.29 is 27.5 Å². The third kappa shape index (κ3) is 5.04. The summed E-state index contributed by atoms with van der Waals surface area (Å²) in [5.74, 6) is -0.502. The average molecular weight is 523 g/mol. The number of benzene rings is 1. The van der Waals surface area contributed by atoms with Crippen LogP contribution >= 0.6 is 11.6 Å². The number of hydrogen-bond donors (Lipinski definition) is 0. The van der Waals surface area contributed by atoms with E-state index in [9.17, 15) is 18.0 Å². The number of amides is 2. The zero-order chi connectivity index (χ0) is 25.5. The first-order valence-electron chi connectivity index (χ1n) is 11.7. The molecule has 3 aliphatic heterocycles. The molecule has 2 amide bonds. The molecule has 0 aromatic heterocycles. The van der Waals surface area contributed by atoms with E-state index in [2.05, 4.69) is 4.99 Å². The van der Waals surface area contributed by atoms with Crippen molar-refractivity contribution in [1.82, 2.24) is 4.90 Å². The Bertz CT molecular complexity index is 1210. The lowest BCUT2D eigenvalue weighted by atomic mass is 9.85. The number of aliphatic imine (C=N–C) groups is 1. The van der Waals surface area contributed by atoms with Gasteiger partial charge in [0.25, 0.3) is 11.8 Å². The highest BCUT2D eigenvalue weighted by molar-refractivity contribution is 7.91. The van der Waals surface area contributed by atoms with Crippen LogP contribution in [-0.4, -0.2) is 69.7 Å². The molecule has 0 saturated carbocycles. The fraction of sp³-hybridized carbons (Fsp3) is 0.560. The van der Waals surface area contributed by atoms with Gasteiger partial charge in [0.1, 0.15) is 21.5 Å². The van der Waals surface area contributed by atoms with E-state index >= 15 is 0 Å². The van der Waals surface area contributed by atoms with Gasteiger partial charge in [0.05, 0.1) is 35.3 Å². The number of aryl methyl sites for hydroxylation is 1. The van der Waals surface area contributed by atoms with Crippen molar-refractivity contribution >= 4 is 39.0 Å². The Balaban J connectivity index is 1.64. The van der Waals surface area contributed by atoms with E-state index in [-0.39, 0.29) is 35.8 Å². The number of dihydropyridines is 1. The molecule has 190 valence electrons. The average Bonchev–Trinajstić information content (AvgIpc) is 2.80. The van der Waals surface area contributed by atoms with Crippen molar-refractivity contribution in [2.24, 2.45) is 16.8 Å². The summed E-state index contributed by atoms with van der Waals surface area (Å²) < 4.78 is 35.1. The maximum atomic E-state index is 13.7. The SMILES string of the molecule is COC1=CC(C)=NC(=O)C1CN1CCc2c(C)cc(C(OC)C3CCS(=O)(=O)CC3)c(Cl)c2C1=O. The molecule has 2 atom stereocenters. The Hall–Kier alpha value is -2.23. The molecule has 0 bridgehead atoms. The Morgan fingerprint density at radius 3 is 2.51 bits per heavy atom. The van der Waals surface area contributed by atoms with Crippen LogP contribution in [0.15, 0.2) is 22.9 Å². The molecule has 0 N–H and O–H groups in total. The molecular weight excluding hydrogens is 492 g/mol. The van der Waals surface area contributed by atoms with Gasteiger partial charge in [0.2, 0.25) is 0 Å². The minimum absolute atomic E-state index is 0.0105. The van der Waals surface area contributed by atoms with Crippen LogP contribution in [0, 0.1) is 18.8 Å². The maximum absolute atomic E-state index is 13.7. The van der Waals surface area contributed by atoms with Crippen LogP contribution in [0.2, 0.25) is 5.02 Å². The van der Waals surface area contributed by atoms with Gasteiger partial charge in [0, 0.05) is 31.5 Å². The standard InChI is InChI=1S/C25H31ClN2O6S/c1-14-11-18(23(34-4)16-6-9-35(31,32)10-7-16)22(26)21-17(14)5-8-28(25(21)30)13-19-20(33-3)12-15(2)27-24(19)29/h11-12,16,19,23H,5-10,13H2,1-4H3. The van der Waals surface area contributed by atoms with Crippen LogP contribution in [0.5, 0.6) is 0 Å². The smallest absolute Gasteiger partial charge is 0.258 e. The van der Waals surface area contributed by atoms with Crippen LogP contribution in [0.1, 0.15) is 52.9 Å². The van der Waals surface area contributed by atoms with Gasteiger partial charge in [-0.2, -0.15) is 0 Å². The summed E-state index contributed by atoms with van der Waals surface area (Å²) in [5.41, 5.74) is 3.56. The van der Waals surface area contributed by atoms with E-state index in [4.69, 9.17) is 21.1 Å². The summed E-state index contributed by atoms with van der Waals surface area (Å²) in [7, 11) is 0.0740. The second-order valence-corrected chi connectivity index (χ2v) is 12.2. The summed E-state index contributed by atoms with van der Waals surface area (Å²) in [6.07, 6.45) is 2.90. The summed E-state index contributed by atoms with van der Waals surface area (Å²) in [5, 5.41) is 0.340. The highest BCUT2D eigenvalue weighted by Crippen LogP contribution is 2.41. The molecule has 0 spiro atoms. The number of sulfone groups is 1. The second-order valence-electron chi connectivity index (χ2n) is 9.49. The van der Waals surface area contributed by atoms with Crippen molar-refractivity contribution in [3.05, 3.63) is 45.2 Å². The van der Waals surface area contributed by atoms with Crippen LogP contribution < -0.4 is 0 Å². The number of rotatable bonds is 6. The van der Waals surface area contributed by atoms with E-state index < -0.39 is 21.9 Å². The molecule has 1 fully saturated rings. The van der Waals surface area contributed by atoms with Crippen LogP contribution in [-0.2, 0) is 30.5 Å². The highest BCUT2D eigenvalue weighted by atomic mass is 35.5. The number of carbonyl (C=O) groups excluding carboxylic acids is 2. The summed E-state index contributed by atoms with van der Waals surface area (Å²) in [6, 6.07) is 1.97. The lowest BCUT2D eigenvalue weighted by molar-refractivity contribution is -0.122. The van der Waals surface area contributed by atoms with Crippen molar-refractivity contribution in [1.29, 1.82) is 0 Å². The Kier molecular flexibility index (Phi) is 7.41. The molecule has 10 heteroatoms. The highest BCUT2D eigenvalue weighted by Gasteiger charge is 2.38. The fourth-order valence-electron chi connectivity index (χ4n) is 5.38. The van der Waals surface area contributed by atoms with Gasteiger partial charge in [-0.15, -0.1) is 0 Å². The van der Waals surface area contributed by atoms with Gasteiger partial charge in [-0.25, -0.2) is 13.4 Å². The Labute approximate surface area is 211 Å². The third-order valence-corrected chi connectivity index (χ3v) is 9.38. The van der Waals surface area contributed by atoms with E-state index in [0.717, 1.165) is 11.1 Å². The van der Waals surface area contributed by atoms with Gasteiger partial charge >= 0.3 is 0 Å². The maximum Gasteiger partial charge on any atom is 0.258 e. The van der Waals surface area contributed by atoms with Gasteiger partial charge < -0.3 is 14.4 Å². The zero-order valence-electron chi connectivity index (χ0n) is 20.5. The van der Waals surface area contributed by atoms with Crippen molar-refractivity contribution in [2.45, 2.75) is 39.2 Å². The lowest BCUT2D eigenvalue weighted by Crippen LogP contribution is -2.44. The van der Waals surface area contributed by atoms with E-state index in [1.54, 1.807) is 25.0 Å². The third-order valence-electron chi connectivity index (χ3n) is 7.26. The second kappa shape index (κ2) is 10.0. The molecule has 0 aliphatic carbocycles. The molecule has 8 nitrogen and oxygen atoms in total. The van der Waals surface area contributed by atoms with Gasteiger partial charge in [-0.1, -0.05) is 17.7 Å². The number of nitrogens with zero attached hydrogens (tertiary/aromatic N) is 2. The number of methoxy groups -OCH3 is 2. The first-order chi connectivity index (χ1) is 16.6. The number of fused-ring (bicyclic) bond motifs is 1. The lowest BCUT2D eigenvalue weighted by Gasteiger charge is -2.35. The minimum atomic E-state index is -3.02. The monoisotopic (exact) mass is 522 g/mol. The molecule has 3 heterocycles. The van der Waals surface area contributed by atoms with E-state index in [0.29, 0.717) is 53.4 Å². The fourth-order valence-corrected chi connectivity index (χ4v) is 7.26. The number of halogens is 1. The van der Waals surface area contributed by atoms with E-state index in [1.165, 1.54) is 7.11 Å². The molecular formula is C25H31ClN2O6S. The number of ether oxygens (including phenoxy) is 2. The van der Waals surface area contributed by atoms with Crippen LogP contribution in [0.4, 0.5) is 0 Å². The molecule has 35 heavy (non-hydrogen) atoms. The Morgan fingerprint density at radius 2 is 1.89 bits per heavy atom. The van der Waals surface area contributed by atoms with Gasteiger partial charge in [-0.05, 0) is 56.2 Å². The molecule has 3 aliphatic rings. The zero-order valence-corrected chi connectivity index (χ0v) is 22.0. The molecule has 2 unspecified atom stereocenters. The van der Waals surface area contributed by atoms with Gasteiger partial charge in [0.15, 0.2) is 0 Å². The van der Waals surface area contributed by atoms with E-state index in [1.807, 2.05) is 13.0 Å². The van der Waals surface area contributed by atoms with Crippen molar-refractivity contribution in [2.75, 3.05) is 38.8 Å². The normalized spacial score (nSPS) is 23.5. The summed E-state index contributed by atoms with van der Waals surface area (Å²) in [6.45, 7) is 4.29. The minimum Gasteiger partial charge on any atom is -0.500 e. The molecule has 1 aromatic rings. The van der Waals surface area contributed by atoms with Crippen molar-refractivity contribution in [3.63, 3.8) is 0 Å². The predicted molar refractivity (Wildman–Crippen MR) is 134 cm³/mol. The molecule has 0 radical (unpaired) electrons. The number of carbonyl (C=O) groups is 2. The van der Waals surface area contributed by atoms with Crippen LogP contribution in [0.25, 0.3) is 0 Å². The quantitative estimate of drug-likeness (QED) is 0.568. The first-order valence-corrected chi connectivity index (χ1v) is 13.9. The molecule has 4 rings (SSSR count). The van der Waals surface area contributed by atoms with Crippen molar-refractivity contribution in [3.8, 4) is 0 Å². The first kappa shape index (κ1) is 25.9.